The van der Waals surface area contributed by atoms with E-state index in [9.17, 15) is 0 Å². The smallest absolute Gasteiger partial charge is 0.0636 e. The Morgan fingerprint density at radius 2 is 2.36 bits per heavy atom. The molecule has 1 N–H and O–H groups in total. The van der Waals surface area contributed by atoms with E-state index in [4.69, 9.17) is 4.84 Å². The molecule has 0 aromatic rings. The van der Waals surface area contributed by atoms with Crippen molar-refractivity contribution in [3.63, 3.8) is 0 Å². The Labute approximate surface area is 68.2 Å². The van der Waals surface area contributed by atoms with Crippen LogP contribution in [0.4, 0.5) is 0 Å². The average Bonchev–Trinajstić information content (AvgIpc) is 2.01. The van der Waals surface area contributed by atoms with E-state index in [0.717, 1.165) is 12.1 Å². The van der Waals surface area contributed by atoms with Crippen molar-refractivity contribution >= 4 is 0 Å². The molecule has 0 radical (unpaired) electrons. The summed E-state index contributed by atoms with van der Waals surface area (Å²) in [4.78, 5) is 4.74. The van der Waals surface area contributed by atoms with E-state index in [1.165, 1.54) is 0 Å². The van der Waals surface area contributed by atoms with Gasteiger partial charge in [0.2, 0.25) is 0 Å². The van der Waals surface area contributed by atoms with E-state index in [1.807, 2.05) is 18.2 Å². The molecule has 0 saturated carbocycles. The van der Waals surface area contributed by atoms with Crippen LogP contribution in [0, 0.1) is 0 Å². The second-order valence-electron chi connectivity index (χ2n) is 1.97. The predicted molar refractivity (Wildman–Crippen MR) is 47.9 cm³/mol. The molecule has 0 spiro atoms. The lowest BCUT2D eigenvalue weighted by atomic mass is 10.3. The molecule has 2 nitrogen and oxygen atoms in total. The highest BCUT2D eigenvalue weighted by atomic mass is 16.6. The van der Waals surface area contributed by atoms with Gasteiger partial charge in [0.25, 0.3) is 0 Å². The van der Waals surface area contributed by atoms with Crippen molar-refractivity contribution in [2.24, 2.45) is 0 Å². The van der Waals surface area contributed by atoms with Crippen LogP contribution in [0.25, 0.3) is 0 Å². The van der Waals surface area contributed by atoms with Crippen molar-refractivity contribution in [1.82, 2.24) is 5.48 Å². The van der Waals surface area contributed by atoms with Crippen LogP contribution in [-0.2, 0) is 4.84 Å². The van der Waals surface area contributed by atoms with Crippen molar-refractivity contribution in [3.8, 4) is 0 Å². The molecule has 0 heterocycles. The maximum Gasteiger partial charge on any atom is 0.0636 e. The zero-order chi connectivity index (χ0) is 8.53. The molecule has 62 valence electrons. The summed E-state index contributed by atoms with van der Waals surface area (Å²) in [6.45, 7) is 5.66. The molecule has 11 heavy (non-hydrogen) atoms. The van der Waals surface area contributed by atoms with Gasteiger partial charge in [-0.2, -0.15) is 0 Å². The standard InChI is InChI=1S/C9H15NO/c1-4-6-8-9(7-5-2)10-11-3/h5-8,10H,2,4H2,1,3H3/b8-6-,9-7+. The molecular weight excluding hydrogens is 138 g/mol. The Kier molecular flexibility index (Phi) is 6.43. The molecular formula is C9H15NO. The van der Waals surface area contributed by atoms with Crippen molar-refractivity contribution < 1.29 is 4.84 Å². The average molecular weight is 153 g/mol. The maximum absolute atomic E-state index is 4.74. The van der Waals surface area contributed by atoms with Crippen LogP contribution in [-0.4, -0.2) is 7.11 Å². The van der Waals surface area contributed by atoms with Crippen LogP contribution in [0.2, 0.25) is 0 Å². The van der Waals surface area contributed by atoms with Crippen LogP contribution in [0.1, 0.15) is 13.3 Å². The maximum atomic E-state index is 4.74. The summed E-state index contributed by atoms with van der Waals surface area (Å²) in [7, 11) is 1.58. The highest BCUT2D eigenvalue weighted by molar-refractivity contribution is 5.19. The first-order valence-electron chi connectivity index (χ1n) is 3.63. The van der Waals surface area contributed by atoms with Crippen LogP contribution < -0.4 is 5.48 Å². The first kappa shape index (κ1) is 9.98. The Hall–Kier alpha value is -1.02. The van der Waals surface area contributed by atoms with Crippen molar-refractivity contribution in [3.05, 3.63) is 36.6 Å². The van der Waals surface area contributed by atoms with Crippen LogP contribution in [0.5, 0.6) is 0 Å². The lowest BCUT2D eigenvalue weighted by molar-refractivity contribution is 0.121. The van der Waals surface area contributed by atoms with E-state index in [1.54, 1.807) is 13.2 Å². The third kappa shape index (κ3) is 5.43. The third-order valence-corrected chi connectivity index (χ3v) is 1.05. The number of allylic oxidation sites excluding steroid dienone is 4. The minimum atomic E-state index is 0.907. The van der Waals surface area contributed by atoms with Gasteiger partial charge >= 0.3 is 0 Å². The van der Waals surface area contributed by atoms with Crippen LogP contribution in [0.3, 0.4) is 0 Å². The largest absolute Gasteiger partial charge is 0.279 e. The van der Waals surface area contributed by atoms with Crippen LogP contribution in [0.15, 0.2) is 36.6 Å². The molecule has 0 bridgehead atoms. The summed E-state index contributed by atoms with van der Waals surface area (Å²) in [6.07, 6.45) is 8.56. The third-order valence-electron chi connectivity index (χ3n) is 1.05. The molecule has 0 unspecified atom stereocenters. The number of nitrogens with one attached hydrogen (secondary N) is 1. The van der Waals surface area contributed by atoms with Crippen molar-refractivity contribution in [1.29, 1.82) is 0 Å². The Bertz CT molecular complexity index is 159. The van der Waals surface area contributed by atoms with Gasteiger partial charge in [-0.25, -0.2) is 0 Å². The first-order valence-corrected chi connectivity index (χ1v) is 3.63. The molecule has 0 atom stereocenters. The molecule has 0 amide bonds. The molecule has 0 aliphatic rings. The summed E-state index contributed by atoms with van der Waals surface area (Å²) < 4.78 is 0. The first-order chi connectivity index (χ1) is 5.35. The molecule has 0 aromatic heterocycles. The molecule has 0 aliphatic heterocycles. The van der Waals surface area contributed by atoms with Gasteiger partial charge in [-0.3, -0.25) is 10.3 Å². The fourth-order valence-electron chi connectivity index (χ4n) is 0.613. The molecule has 0 fully saturated rings. The fourth-order valence-corrected chi connectivity index (χ4v) is 0.613. The topological polar surface area (TPSA) is 21.3 Å². The number of hydrogen-bond acceptors (Lipinski definition) is 2. The minimum Gasteiger partial charge on any atom is -0.279 e. The van der Waals surface area contributed by atoms with Gasteiger partial charge in [0.05, 0.1) is 12.8 Å². The summed E-state index contributed by atoms with van der Waals surface area (Å²) in [5.74, 6) is 0. The van der Waals surface area contributed by atoms with Gasteiger partial charge in [-0.05, 0) is 18.6 Å². The minimum absolute atomic E-state index is 0.907. The zero-order valence-corrected chi connectivity index (χ0v) is 7.13. The van der Waals surface area contributed by atoms with E-state index in [2.05, 4.69) is 19.0 Å². The summed E-state index contributed by atoms with van der Waals surface area (Å²) in [6, 6.07) is 0. The van der Waals surface area contributed by atoms with E-state index in [-0.39, 0.29) is 0 Å². The second kappa shape index (κ2) is 7.09. The van der Waals surface area contributed by atoms with E-state index < -0.39 is 0 Å². The predicted octanol–water partition coefficient (Wildman–Crippen LogP) is 2.17. The van der Waals surface area contributed by atoms with Gasteiger partial charge in [-0.15, -0.1) is 0 Å². The van der Waals surface area contributed by atoms with E-state index in [0.29, 0.717) is 0 Å². The monoisotopic (exact) mass is 153 g/mol. The van der Waals surface area contributed by atoms with Gasteiger partial charge in [0, 0.05) is 0 Å². The Balaban J connectivity index is 3.98. The Morgan fingerprint density at radius 1 is 1.64 bits per heavy atom. The summed E-state index contributed by atoms with van der Waals surface area (Å²) in [5, 5.41) is 0. The lowest BCUT2D eigenvalue weighted by Gasteiger charge is -2.01. The quantitative estimate of drug-likeness (QED) is 0.483. The van der Waals surface area contributed by atoms with Gasteiger partial charge in [-0.1, -0.05) is 25.7 Å². The van der Waals surface area contributed by atoms with Gasteiger partial charge in [0.1, 0.15) is 0 Å². The summed E-state index contributed by atoms with van der Waals surface area (Å²) in [5.41, 5.74) is 3.63. The highest BCUT2D eigenvalue weighted by Crippen LogP contribution is 1.93. The Morgan fingerprint density at radius 3 is 2.82 bits per heavy atom. The molecule has 2 heteroatoms. The van der Waals surface area contributed by atoms with Gasteiger partial charge < -0.3 is 0 Å². The molecule has 0 aliphatic carbocycles. The summed E-state index contributed by atoms with van der Waals surface area (Å²) >= 11 is 0. The highest BCUT2D eigenvalue weighted by Gasteiger charge is 1.84. The SMILES string of the molecule is C=C/C=C(\C=C/CC)NOC. The number of rotatable bonds is 5. The van der Waals surface area contributed by atoms with Crippen molar-refractivity contribution in [2.45, 2.75) is 13.3 Å². The lowest BCUT2D eigenvalue weighted by Crippen LogP contribution is -2.08. The van der Waals surface area contributed by atoms with E-state index >= 15 is 0 Å². The van der Waals surface area contributed by atoms with Crippen molar-refractivity contribution in [2.75, 3.05) is 7.11 Å². The van der Waals surface area contributed by atoms with Gasteiger partial charge in [0.15, 0.2) is 0 Å². The van der Waals surface area contributed by atoms with Crippen LogP contribution >= 0.6 is 0 Å². The number of hydroxylamine groups is 1. The zero-order valence-electron chi connectivity index (χ0n) is 7.13. The second-order valence-corrected chi connectivity index (χ2v) is 1.97. The number of hydrogen-bond donors (Lipinski definition) is 1. The molecule has 0 aromatic carbocycles. The molecule has 0 rings (SSSR count). The normalized spacial score (nSPS) is 12.0. The molecule has 0 saturated heterocycles. The fraction of sp³-hybridized carbons (Fsp3) is 0.333.